The Morgan fingerprint density at radius 3 is 2.90 bits per heavy atom. The maximum Gasteiger partial charge on any atom is 0.346 e. The smallest absolute Gasteiger partial charge is 0.335 e. The van der Waals surface area contributed by atoms with Crippen LogP contribution in [0.3, 0.4) is 0 Å². The third-order valence-electron chi connectivity index (χ3n) is 0.987. The standard InChI is InChI=1S/C4H6N2O4/c5-2-1-3(7)9-6-10-4(2)8/h2,6H,1,5H2/t2-/m0/s1. The van der Waals surface area contributed by atoms with Gasteiger partial charge in [0.1, 0.15) is 6.04 Å². The zero-order valence-corrected chi connectivity index (χ0v) is 4.99. The Morgan fingerprint density at radius 2 is 2.20 bits per heavy atom. The highest BCUT2D eigenvalue weighted by atomic mass is 16.9. The van der Waals surface area contributed by atoms with Crippen LogP contribution in [0.15, 0.2) is 0 Å². The third kappa shape index (κ3) is 1.42. The van der Waals surface area contributed by atoms with Gasteiger partial charge in [-0.05, 0) is 0 Å². The van der Waals surface area contributed by atoms with Crippen LogP contribution in [0.4, 0.5) is 0 Å². The zero-order chi connectivity index (χ0) is 7.56. The highest BCUT2D eigenvalue weighted by molar-refractivity contribution is 5.83. The minimum Gasteiger partial charge on any atom is -0.335 e. The summed E-state index contributed by atoms with van der Waals surface area (Å²) in [5.74, 6) is -1.32. The number of carbonyl (C=O) groups is 2. The predicted octanol–water partition coefficient (Wildman–Crippen LogP) is -1.78. The molecule has 0 aromatic rings. The Labute approximate surface area is 56.2 Å². The molecule has 0 spiro atoms. The Bertz CT molecular complexity index is 169. The second-order valence-electron chi connectivity index (χ2n) is 1.79. The van der Waals surface area contributed by atoms with E-state index >= 15 is 0 Å². The van der Waals surface area contributed by atoms with E-state index in [1.54, 1.807) is 5.64 Å². The molecule has 0 aliphatic carbocycles. The molecular weight excluding hydrogens is 140 g/mol. The molecule has 6 heteroatoms. The summed E-state index contributed by atoms with van der Waals surface area (Å²) in [6.07, 6.45) is -0.161. The van der Waals surface area contributed by atoms with Crippen molar-refractivity contribution >= 4 is 11.9 Å². The fraction of sp³-hybridized carbons (Fsp3) is 0.500. The van der Waals surface area contributed by atoms with Crippen LogP contribution in [0.5, 0.6) is 0 Å². The van der Waals surface area contributed by atoms with Gasteiger partial charge in [0, 0.05) is 5.64 Å². The summed E-state index contributed by atoms with van der Waals surface area (Å²) in [5, 5.41) is 0. The predicted molar refractivity (Wildman–Crippen MR) is 27.9 cm³/mol. The Kier molecular flexibility index (Phi) is 1.83. The van der Waals surface area contributed by atoms with Crippen molar-refractivity contribution in [3.05, 3.63) is 0 Å². The quantitative estimate of drug-likeness (QED) is 0.420. The van der Waals surface area contributed by atoms with E-state index in [9.17, 15) is 9.59 Å². The van der Waals surface area contributed by atoms with Gasteiger partial charge < -0.3 is 15.4 Å². The molecule has 0 bridgehead atoms. The molecule has 0 aromatic carbocycles. The molecule has 1 rings (SSSR count). The summed E-state index contributed by atoms with van der Waals surface area (Å²) >= 11 is 0. The zero-order valence-electron chi connectivity index (χ0n) is 4.99. The molecule has 3 N–H and O–H groups in total. The summed E-state index contributed by atoms with van der Waals surface area (Å²) in [4.78, 5) is 29.2. The SMILES string of the molecule is N[C@H]1CC(=O)ONOC1=O. The lowest BCUT2D eigenvalue weighted by Gasteiger charge is -1.99. The number of hydrogen-bond donors (Lipinski definition) is 2. The molecule has 1 aliphatic rings. The number of nitrogens with two attached hydrogens (primary N) is 1. The molecule has 1 saturated heterocycles. The molecule has 56 valence electrons. The summed E-state index contributed by atoms with van der Waals surface area (Å²) in [5.41, 5.74) is 6.85. The molecule has 10 heavy (non-hydrogen) atoms. The fourth-order valence-electron chi connectivity index (χ4n) is 0.489. The van der Waals surface area contributed by atoms with E-state index in [0.717, 1.165) is 0 Å². The summed E-state index contributed by atoms with van der Waals surface area (Å²) < 4.78 is 0. The largest absolute Gasteiger partial charge is 0.346 e. The second-order valence-corrected chi connectivity index (χ2v) is 1.79. The van der Waals surface area contributed by atoms with Crippen molar-refractivity contribution in [3.8, 4) is 0 Å². The van der Waals surface area contributed by atoms with Crippen molar-refractivity contribution in [2.75, 3.05) is 0 Å². The van der Waals surface area contributed by atoms with Crippen molar-refractivity contribution in [3.63, 3.8) is 0 Å². The van der Waals surface area contributed by atoms with E-state index < -0.39 is 18.0 Å². The minimum atomic E-state index is -0.928. The van der Waals surface area contributed by atoms with Crippen molar-refractivity contribution in [2.45, 2.75) is 12.5 Å². The lowest BCUT2D eigenvalue weighted by molar-refractivity contribution is -0.190. The lowest BCUT2D eigenvalue weighted by Crippen LogP contribution is -2.32. The van der Waals surface area contributed by atoms with Gasteiger partial charge in [0.2, 0.25) is 0 Å². The maximum absolute atomic E-state index is 10.5. The second kappa shape index (κ2) is 2.63. The van der Waals surface area contributed by atoms with Crippen LogP contribution < -0.4 is 11.4 Å². The lowest BCUT2D eigenvalue weighted by atomic mass is 10.2. The first-order chi connectivity index (χ1) is 4.70. The monoisotopic (exact) mass is 146 g/mol. The topological polar surface area (TPSA) is 90.7 Å². The summed E-state index contributed by atoms with van der Waals surface area (Å²) in [6.45, 7) is 0. The molecule has 1 atom stereocenters. The highest BCUT2D eigenvalue weighted by Crippen LogP contribution is 1.96. The number of nitrogens with one attached hydrogen (secondary N) is 1. The first-order valence-corrected chi connectivity index (χ1v) is 2.61. The average molecular weight is 146 g/mol. The Balaban J connectivity index is 2.57. The van der Waals surface area contributed by atoms with E-state index in [4.69, 9.17) is 5.73 Å². The van der Waals surface area contributed by atoms with Gasteiger partial charge in [-0.15, -0.1) is 0 Å². The summed E-state index contributed by atoms with van der Waals surface area (Å²) in [7, 11) is 0. The Hall–Kier alpha value is -1.14. The molecule has 0 saturated carbocycles. The third-order valence-corrected chi connectivity index (χ3v) is 0.987. The highest BCUT2D eigenvalue weighted by Gasteiger charge is 2.24. The van der Waals surface area contributed by atoms with Gasteiger partial charge >= 0.3 is 11.9 Å². The maximum atomic E-state index is 10.5. The first-order valence-electron chi connectivity index (χ1n) is 2.61. The van der Waals surface area contributed by atoms with Gasteiger partial charge in [-0.3, -0.25) is 4.79 Å². The van der Waals surface area contributed by atoms with Crippen LogP contribution >= 0.6 is 0 Å². The molecule has 1 aliphatic heterocycles. The van der Waals surface area contributed by atoms with Crippen LogP contribution in [0, 0.1) is 0 Å². The van der Waals surface area contributed by atoms with Crippen LogP contribution in [-0.4, -0.2) is 18.0 Å². The fourth-order valence-corrected chi connectivity index (χ4v) is 0.489. The molecular formula is C4H6N2O4. The molecule has 1 heterocycles. The molecule has 0 aromatic heterocycles. The van der Waals surface area contributed by atoms with Gasteiger partial charge in [-0.2, -0.15) is 0 Å². The van der Waals surface area contributed by atoms with Crippen molar-refractivity contribution < 1.29 is 19.3 Å². The van der Waals surface area contributed by atoms with Crippen molar-refractivity contribution in [2.24, 2.45) is 5.73 Å². The van der Waals surface area contributed by atoms with Crippen LogP contribution in [0.25, 0.3) is 0 Å². The normalized spacial score (nSPS) is 26.7. The number of carbonyl (C=O) groups excluding carboxylic acids is 2. The first kappa shape index (κ1) is 6.97. The van der Waals surface area contributed by atoms with Crippen LogP contribution in [0.2, 0.25) is 0 Å². The van der Waals surface area contributed by atoms with Gasteiger partial charge in [0.25, 0.3) is 0 Å². The van der Waals surface area contributed by atoms with Crippen LogP contribution in [-0.2, 0) is 19.3 Å². The van der Waals surface area contributed by atoms with Gasteiger partial charge in [-0.25, -0.2) is 4.79 Å². The minimum absolute atomic E-state index is 0.161. The van der Waals surface area contributed by atoms with Gasteiger partial charge in [0.05, 0.1) is 6.42 Å². The van der Waals surface area contributed by atoms with Gasteiger partial charge in [-0.1, -0.05) is 0 Å². The molecule has 0 unspecified atom stereocenters. The number of hydrogen-bond acceptors (Lipinski definition) is 6. The molecule has 0 amide bonds. The number of rotatable bonds is 0. The van der Waals surface area contributed by atoms with Crippen LogP contribution in [0.1, 0.15) is 6.42 Å². The summed E-state index contributed by atoms with van der Waals surface area (Å²) in [6, 6.07) is -0.928. The molecule has 6 nitrogen and oxygen atoms in total. The van der Waals surface area contributed by atoms with Crippen molar-refractivity contribution in [1.82, 2.24) is 5.64 Å². The van der Waals surface area contributed by atoms with E-state index in [0.29, 0.717) is 0 Å². The van der Waals surface area contributed by atoms with Gasteiger partial charge in [0.15, 0.2) is 0 Å². The van der Waals surface area contributed by atoms with E-state index in [2.05, 4.69) is 9.68 Å². The van der Waals surface area contributed by atoms with Crippen molar-refractivity contribution in [1.29, 1.82) is 0 Å². The Morgan fingerprint density at radius 1 is 1.50 bits per heavy atom. The molecule has 1 fully saturated rings. The van der Waals surface area contributed by atoms with E-state index in [-0.39, 0.29) is 6.42 Å². The van der Waals surface area contributed by atoms with E-state index in [1.165, 1.54) is 0 Å². The molecule has 0 radical (unpaired) electrons. The van der Waals surface area contributed by atoms with E-state index in [1.807, 2.05) is 0 Å². The average Bonchev–Trinajstić information content (AvgIpc) is 1.96.